The Morgan fingerprint density at radius 1 is 0.914 bits per heavy atom. The summed E-state index contributed by atoms with van der Waals surface area (Å²) in [6.45, 7) is 10.4. The molecule has 0 saturated heterocycles. The highest BCUT2D eigenvalue weighted by atomic mass is 16.7. The van der Waals surface area contributed by atoms with Crippen LogP contribution in [-0.4, -0.2) is 40.3 Å². The fourth-order valence-corrected chi connectivity index (χ4v) is 5.21. The first-order valence-corrected chi connectivity index (χ1v) is 11.7. The minimum absolute atomic E-state index is 0.209. The maximum atomic E-state index is 6.95. The van der Waals surface area contributed by atoms with E-state index in [-0.39, 0.29) is 12.0 Å². The fraction of sp³-hybridized carbons (Fsp3) is 0.321. The molecule has 35 heavy (non-hydrogen) atoms. The van der Waals surface area contributed by atoms with E-state index in [9.17, 15) is 0 Å². The fourth-order valence-electron chi connectivity index (χ4n) is 5.21. The molecule has 7 nitrogen and oxygen atoms in total. The highest BCUT2D eigenvalue weighted by molar-refractivity contribution is 5.67. The number of hydrogen-bond donors (Lipinski definition) is 0. The number of hydroxylamine groups is 2. The van der Waals surface area contributed by atoms with Gasteiger partial charge in [0.25, 0.3) is 0 Å². The molecule has 3 aromatic rings. The molecule has 0 aliphatic carbocycles. The zero-order valence-corrected chi connectivity index (χ0v) is 20.9. The van der Waals surface area contributed by atoms with Gasteiger partial charge in [-0.1, -0.05) is 31.2 Å². The lowest BCUT2D eigenvalue weighted by molar-refractivity contribution is -0.321. The van der Waals surface area contributed by atoms with Crippen molar-refractivity contribution in [2.45, 2.75) is 38.0 Å². The summed E-state index contributed by atoms with van der Waals surface area (Å²) in [6, 6.07) is 17.3. The van der Waals surface area contributed by atoms with Crippen LogP contribution in [0.4, 0.5) is 0 Å². The van der Waals surface area contributed by atoms with E-state index in [1.54, 1.807) is 37.9 Å². The molecular weight excluding hydrogens is 440 g/mol. The number of aromatic nitrogens is 3. The van der Waals surface area contributed by atoms with Crippen molar-refractivity contribution in [2.24, 2.45) is 5.92 Å². The van der Waals surface area contributed by atoms with Crippen LogP contribution in [0.5, 0.6) is 0 Å². The molecule has 0 spiro atoms. The van der Waals surface area contributed by atoms with Gasteiger partial charge in [0.2, 0.25) is 5.72 Å². The Bertz CT molecular complexity index is 1170. The average Bonchev–Trinajstić information content (AvgIpc) is 2.90. The van der Waals surface area contributed by atoms with Gasteiger partial charge in [0.15, 0.2) is 0 Å². The van der Waals surface area contributed by atoms with Crippen molar-refractivity contribution in [3.8, 4) is 0 Å². The monoisotopic (exact) mass is 472 g/mol. The lowest BCUT2D eigenvalue weighted by Gasteiger charge is -2.59. The van der Waals surface area contributed by atoms with Gasteiger partial charge in [-0.25, -0.2) is 5.06 Å². The average molecular weight is 473 g/mol. The van der Waals surface area contributed by atoms with E-state index in [0.717, 1.165) is 5.69 Å². The van der Waals surface area contributed by atoms with Crippen LogP contribution in [0.2, 0.25) is 0 Å². The molecular formula is C28H32N4O3. The molecule has 3 unspecified atom stereocenters. The second kappa shape index (κ2) is 9.98. The number of pyridine rings is 3. The summed E-state index contributed by atoms with van der Waals surface area (Å²) in [5.74, 6) is 0.388. The van der Waals surface area contributed by atoms with Gasteiger partial charge < -0.3 is 9.47 Å². The van der Waals surface area contributed by atoms with Crippen LogP contribution in [0, 0.1) is 5.92 Å². The van der Waals surface area contributed by atoms with E-state index in [1.165, 1.54) is 0 Å². The molecule has 4 heterocycles. The van der Waals surface area contributed by atoms with Gasteiger partial charge in [-0.05, 0) is 50.2 Å². The van der Waals surface area contributed by atoms with Crippen LogP contribution in [0.15, 0.2) is 91.6 Å². The Hall–Kier alpha value is -3.55. The summed E-state index contributed by atoms with van der Waals surface area (Å²) in [5.41, 5.74) is 0.475. The highest BCUT2D eigenvalue weighted by Gasteiger charge is 2.67. The SMILES string of the molecule is C=CC1(c2ccccn2)C(C)C(OC)=C(c2ccccn2)N(OC)C1(OC(C)C)c1ccccn1. The lowest BCUT2D eigenvalue weighted by Crippen LogP contribution is -2.66. The van der Waals surface area contributed by atoms with E-state index in [1.807, 2.05) is 74.5 Å². The first-order valence-electron chi connectivity index (χ1n) is 11.7. The van der Waals surface area contributed by atoms with Crippen molar-refractivity contribution in [1.82, 2.24) is 20.0 Å². The van der Waals surface area contributed by atoms with Gasteiger partial charge in [-0.15, -0.1) is 6.58 Å². The standard InChI is InChI=1S/C28H32N4O3/c1-7-27(23-15-9-12-18-30-23)21(4)26(33-5)25(22-14-8-11-17-29-22)32(34-6)28(27,35-20(2)3)24-16-10-13-19-31-24/h7-21H,1H2,2-6H3. The van der Waals surface area contributed by atoms with Crippen LogP contribution >= 0.6 is 0 Å². The van der Waals surface area contributed by atoms with Crippen LogP contribution < -0.4 is 0 Å². The molecule has 3 atom stereocenters. The predicted molar refractivity (Wildman–Crippen MR) is 134 cm³/mol. The number of allylic oxidation sites excluding steroid dienone is 1. The number of nitrogens with zero attached hydrogens (tertiary/aromatic N) is 4. The van der Waals surface area contributed by atoms with E-state index in [4.69, 9.17) is 24.3 Å². The molecule has 182 valence electrons. The summed E-state index contributed by atoms with van der Waals surface area (Å²) in [5, 5.41) is 1.73. The summed E-state index contributed by atoms with van der Waals surface area (Å²) in [7, 11) is 3.27. The minimum Gasteiger partial charge on any atom is -0.498 e. The molecule has 0 aromatic carbocycles. The molecule has 0 saturated carbocycles. The summed E-state index contributed by atoms with van der Waals surface area (Å²) in [4.78, 5) is 20.5. The minimum atomic E-state index is -1.30. The van der Waals surface area contributed by atoms with E-state index in [0.29, 0.717) is 22.8 Å². The molecule has 4 rings (SSSR count). The van der Waals surface area contributed by atoms with Crippen molar-refractivity contribution in [3.63, 3.8) is 0 Å². The van der Waals surface area contributed by atoms with Gasteiger partial charge in [-0.3, -0.25) is 19.8 Å². The third kappa shape index (κ3) is 3.72. The van der Waals surface area contributed by atoms with Gasteiger partial charge in [0.1, 0.15) is 11.5 Å². The summed E-state index contributed by atoms with van der Waals surface area (Å²) in [6.07, 6.45) is 6.94. The topological polar surface area (TPSA) is 69.6 Å². The van der Waals surface area contributed by atoms with Crippen molar-refractivity contribution < 1.29 is 14.3 Å². The van der Waals surface area contributed by atoms with Crippen molar-refractivity contribution in [3.05, 3.63) is 109 Å². The van der Waals surface area contributed by atoms with Gasteiger partial charge in [-0.2, -0.15) is 0 Å². The first-order chi connectivity index (χ1) is 17.0. The Morgan fingerprint density at radius 2 is 1.51 bits per heavy atom. The second-order valence-electron chi connectivity index (χ2n) is 8.64. The highest BCUT2D eigenvalue weighted by Crippen LogP contribution is 2.60. The zero-order valence-electron chi connectivity index (χ0n) is 20.9. The molecule has 7 heteroatoms. The maximum Gasteiger partial charge on any atom is 0.223 e. The second-order valence-corrected chi connectivity index (χ2v) is 8.64. The van der Waals surface area contributed by atoms with Crippen LogP contribution in [0.25, 0.3) is 5.70 Å². The molecule has 0 fully saturated rings. The van der Waals surface area contributed by atoms with E-state index >= 15 is 0 Å². The Balaban J connectivity index is 2.22. The van der Waals surface area contributed by atoms with Crippen molar-refractivity contribution >= 4 is 5.70 Å². The van der Waals surface area contributed by atoms with Crippen molar-refractivity contribution in [1.29, 1.82) is 0 Å². The van der Waals surface area contributed by atoms with E-state index < -0.39 is 11.1 Å². The first kappa shape index (κ1) is 24.6. The smallest absolute Gasteiger partial charge is 0.223 e. The quantitative estimate of drug-likeness (QED) is 0.422. The van der Waals surface area contributed by atoms with E-state index in [2.05, 4.69) is 18.5 Å². The summed E-state index contributed by atoms with van der Waals surface area (Å²) >= 11 is 0. The zero-order chi connectivity index (χ0) is 25.1. The Morgan fingerprint density at radius 3 is 1.97 bits per heavy atom. The number of rotatable bonds is 8. The lowest BCUT2D eigenvalue weighted by atomic mass is 9.61. The number of hydrogen-bond acceptors (Lipinski definition) is 7. The third-order valence-electron chi connectivity index (χ3n) is 6.50. The maximum absolute atomic E-state index is 6.95. The molecule has 0 amide bonds. The largest absolute Gasteiger partial charge is 0.498 e. The Labute approximate surface area is 207 Å². The van der Waals surface area contributed by atoms with Gasteiger partial charge in [0.05, 0.1) is 42.8 Å². The molecule has 0 radical (unpaired) electrons. The molecule has 1 aliphatic rings. The molecule has 1 aliphatic heterocycles. The van der Waals surface area contributed by atoms with Crippen LogP contribution in [-0.2, 0) is 25.5 Å². The van der Waals surface area contributed by atoms with Crippen molar-refractivity contribution in [2.75, 3.05) is 14.2 Å². The number of methoxy groups -OCH3 is 1. The van der Waals surface area contributed by atoms with Crippen LogP contribution in [0.1, 0.15) is 37.9 Å². The third-order valence-corrected chi connectivity index (χ3v) is 6.50. The van der Waals surface area contributed by atoms with Crippen LogP contribution in [0.3, 0.4) is 0 Å². The normalized spacial score (nSPS) is 24.5. The molecule has 0 N–H and O–H groups in total. The Kier molecular flexibility index (Phi) is 7.00. The van der Waals surface area contributed by atoms with Gasteiger partial charge >= 0.3 is 0 Å². The predicted octanol–water partition coefficient (Wildman–Crippen LogP) is 5.10. The molecule has 0 bridgehead atoms. The summed E-state index contributed by atoms with van der Waals surface area (Å²) < 4.78 is 13.0. The molecule has 3 aromatic heterocycles. The number of ether oxygens (including phenoxy) is 2. The van der Waals surface area contributed by atoms with Gasteiger partial charge in [0, 0.05) is 24.5 Å².